The number of benzene rings is 1. The lowest BCUT2D eigenvalue weighted by atomic mass is 9.70. The molecule has 5 aromatic rings. The summed E-state index contributed by atoms with van der Waals surface area (Å²) in [6, 6.07) is 18.7. The summed E-state index contributed by atoms with van der Waals surface area (Å²) in [4.78, 5) is 0. The molecule has 0 N–H and O–H groups in total. The second kappa shape index (κ2) is 11.0. The number of nitrogens with zero attached hydrogens (tertiary/aromatic N) is 4. The Labute approximate surface area is 279 Å². The third-order valence-corrected chi connectivity index (χ3v) is 10.2. The highest BCUT2D eigenvalue weighted by atomic mass is 15.0. The zero-order chi connectivity index (χ0) is 34.1. The van der Waals surface area contributed by atoms with E-state index in [9.17, 15) is 0 Å². The molecular formula is C42H58N4. The second-order valence-electron chi connectivity index (χ2n) is 17.7. The number of rotatable bonds is 6. The van der Waals surface area contributed by atoms with E-state index < -0.39 is 0 Å². The van der Waals surface area contributed by atoms with Crippen molar-refractivity contribution in [2.45, 2.75) is 130 Å². The first kappa shape index (κ1) is 33.7. The third kappa shape index (κ3) is 5.96. The molecule has 0 aliphatic heterocycles. The van der Waals surface area contributed by atoms with Gasteiger partial charge in [-0.25, -0.2) is 0 Å². The molecule has 4 heterocycles. The van der Waals surface area contributed by atoms with Gasteiger partial charge in [-0.3, -0.25) is 0 Å². The van der Waals surface area contributed by atoms with E-state index in [1.165, 1.54) is 33.4 Å². The van der Waals surface area contributed by atoms with E-state index in [1.54, 1.807) is 0 Å². The normalized spacial score (nSPS) is 13.9. The molecule has 1 aromatic carbocycles. The second-order valence-corrected chi connectivity index (χ2v) is 17.7. The van der Waals surface area contributed by atoms with Crippen LogP contribution < -0.4 is 0 Å². The summed E-state index contributed by atoms with van der Waals surface area (Å²) in [5, 5.41) is 0. The highest BCUT2D eigenvalue weighted by Crippen LogP contribution is 2.44. The predicted molar refractivity (Wildman–Crippen MR) is 195 cm³/mol. The van der Waals surface area contributed by atoms with Crippen molar-refractivity contribution >= 4 is 0 Å². The van der Waals surface area contributed by atoms with Gasteiger partial charge >= 0.3 is 0 Å². The Morgan fingerprint density at radius 2 is 0.478 bits per heavy atom. The van der Waals surface area contributed by atoms with Crippen molar-refractivity contribution in [3.63, 3.8) is 0 Å². The van der Waals surface area contributed by atoms with Crippen LogP contribution in [0.3, 0.4) is 0 Å². The molecule has 4 heteroatoms. The van der Waals surface area contributed by atoms with Crippen LogP contribution in [-0.2, 0) is 33.0 Å². The van der Waals surface area contributed by atoms with Gasteiger partial charge in [-0.05, 0) is 155 Å². The molecule has 5 rings (SSSR count). The summed E-state index contributed by atoms with van der Waals surface area (Å²) in [5.74, 6) is 0. The molecule has 4 aromatic heterocycles. The van der Waals surface area contributed by atoms with Crippen LogP contribution in [-0.4, -0.2) is 18.3 Å². The van der Waals surface area contributed by atoms with Gasteiger partial charge in [0.25, 0.3) is 0 Å². The molecule has 0 amide bonds. The fourth-order valence-corrected chi connectivity index (χ4v) is 6.58. The van der Waals surface area contributed by atoms with Crippen molar-refractivity contribution in [2.24, 2.45) is 0 Å². The van der Waals surface area contributed by atoms with Crippen LogP contribution in [0, 0.1) is 0 Å². The molecule has 46 heavy (non-hydrogen) atoms. The van der Waals surface area contributed by atoms with E-state index in [1.807, 2.05) is 0 Å². The minimum absolute atomic E-state index is 0.00902. The topological polar surface area (TPSA) is 19.7 Å². The molecule has 0 spiro atoms. The van der Waals surface area contributed by atoms with Crippen LogP contribution in [0.15, 0.2) is 98.1 Å². The average molecular weight is 619 g/mol. The zero-order valence-electron chi connectivity index (χ0n) is 31.0. The van der Waals surface area contributed by atoms with E-state index in [4.69, 9.17) is 0 Å². The molecule has 0 fully saturated rings. The lowest BCUT2D eigenvalue weighted by molar-refractivity contribution is 0.395. The van der Waals surface area contributed by atoms with Crippen LogP contribution in [0.25, 0.3) is 0 Å². The van der Waals surface area contributed by atoms with Gasteiger partial charge in [-0.1, -0.05) is 24.3 Å². The van der Waals surface area contributed by atoms with Crippen LogP contribution >= 0.6 is 0 Å². The molecule has 0 unspecified atom stereocenters. The first-order valence-electron chi connectivity index (χ1n) is 16.9. The van der Waals surface area contributed by atoms with Gasteiger partial charge in [0.15, 0.2) is 0 Å². The molecule has 246 valence electrons. The molecule has 0 aliphatic rings. The Balaban J connectivity index is 1.68. The van der Waals surface area contributed by atoms with E-state index in [0.717, 1.165) is 0 Å². The maximum Gasteiger partial charge on any atom is 0.0453 e. The van der Waals surface area contributed by atoms with Gasteiger partial charge in [-0.2, -0.15) is 0 Å². The maximum atomic E-state index is 2.39. The smallest absolute Gasteiger partial charge is 0.0453 e. The van der Waals surface area contributed by atoms with Crippen molar-refractivity contribution in [3.05, 3.63) is 131 Å². The summed E-state index contributed by atoms with van der Waals surface area (Å²) < 4.78 is 9.36. The zero-order valence-corrected chi connectivity index (χ0v) is 31.0. The van der Waals surface area contributed by atoms with Crippen LogP contribution in [0.1, 0.15) is 130 Å². The fraction of sp³-hybridized carbons (Fsp3) is 0.476. The Hall–Kier alpha value is -3.66. The molecule has 0 aliphatic carbocycles. The highest BCUT2D eigenvalue weighted by molar-refractivity contribution is 5.53. The van der Waals surface area contributed by atoms with Crippen LogP contribution in [0.2, 0.25) is 0 Å². The Morgan fingerprint density at radius 3 is 0.630 bits per heavy atom. The summed E-state index contributed by atoms with van der Waals surface area (Å²) in [7, 11) is 0. The van der Waals surface area contributed by atoms with Gasteiger partial charge < -0.3 is 18.3 Å². The van der Waals surface area contributed by atoms with Crippen molar-refractivity contribution in [1.29, 1.82) is 0 Å². The van der Waals surface area contributed by atoms with Crippen molar-refractivity contribution in [3.8, 4) is 0 Å². The van der Waals surface area contributed by atoms with E-state index in [-0.39, 0.29) is 33.0 Å². The Kier molecular flexibility index (Phi) is 8.03. The maximum absolute atomic E-state index is 2.39. The third-order valence-electron chi connectivity index (χ3n) is 10.2. The molecule has 0 atom stereocenters. The Morgan fingerprint density at radius 1 is 0.283 bits per heavy atom. The number of hydrogen-bond acceptors (Lipinski definition) is 0. The SMILES string of the molecule is CC(c1ccc(C(C)(c2ccn(C(C)(C)C)c2)c2ccn(C(C)(C)C)c2)cc1)(c1ccn(C(C)(C)C)c1)c1ccn(C(C)(C)C)c1. The van der Waals surface area contributed by atoms with Gasteiger partial charge in [0.2, 0.25) is 0 Å². The van der Waals surface area contributed by atoms with Crippen LogP contribution in [0.5, 0.6) is 0 Å². The van der Waals surface area contributed by atoms with Crippen molar-refractivity contribution in [2.75, 3.05) is 0 Å². The number of aromatic nitrogens is 4. The number of hydrogen-bond donors (Lipinski definition) is 0. The highest BCUT2D eigenvalue weighted by Gasteiger charge is 2.37. The van der Waals surface area contributed by atoms with Gasteiger partial charge in [0, 0.05) is 82.6 Å². The van der Waals surface area contributed by atoms with Crippen molar-refractivity contribution < 1.29 is 0 Å². The quantitative estimate of drug-likeness (QED) is 0.180. The molecule has 0 bridgehead atoms. The summed E-state index contributed by atoms with van der Waals surface area (Å²) >= 11 is 0. The fourth-order valence-electron chi connectivity index (χ4n) is 6.58. The summed E-state index contributed by atoms with van der Waals surface area (Å²) in [6.07, 6.45) is 18.3. The first-order valence-corrected chi connectivity index (χ1v) is 16.9. The lowest BCUT2D eigenvalue weighted by Gasteiger charge is -2.33. The molecule has 0 radical (unpaired) electrons. The largest absolute Gasteiger partial charge is 0.349 e. The Bertz CT molecular complexity index is 1550. The minimum Gasteiger partial charge on any atom is -0.349 e. The monoisotopic (exact) mass is 618 g/mol. The summed E-state index contributed by atoms with van der Waals surface area (Å²) in [6.45, 7) is 31.9. The predicted octanol–water partition coefficient (Wildman–Crippen LogP) is 10.6. The molecule has 0 saturated heterocycles. The van der Waals surface area contributed by atoms with E-state index >= 15 is 0 Å². The lowest BCUT2D eigenvalue weighted by Crippen LogP contribution is -2.28. The first-order chi connectivity index (χ1) is 21.1. The van der Waals surface area contributed by atoms with E-state index in [2.05, 4.69) is 213 Å². The van der Waals surface area contributed by atoms with Crippen LogP contribution in [0.4, 0.5) is 0 Å². The molecule has 0 saturated carbocycles. The van der Waals surface area contributed by atoms with E-state index in [0.29, 0.717) is 0 Å². The summed E-state index contributed by atoms with van der Waals surface area (Å²) in [5.41, 5.74) is 7.16. The molecular weight excluding hydrogens is 560 g/mol. The minimum atomic E-state index is -0.326. The van der Waals surface area contributed by atoms with Crippen molar-refractivity contribution in [1.82, 2.24) is 18.3 Å². The average Bonchev–Trinajstić information content (AvgIpc) is 3.76. The van der Waals surface area contributed by atoms with Gasteiger partial charge in [-0.15, -0.1) is 0 Å². The van der Waals surface area contributed by atoms with Gasteiger partial charge in [0.1, 0.15) is 0 Å². The molecule has 4 nitrogen and oxygen atoms in total. The standard InChI is InChI=1S/C42H58N4/c1-37(2,3)43-23-19-33(27-43)41(13,34-20-24-44(28-34)38(4,5)6)31-15-17-32(18-16-31)42(14,35-21-25-45(29-35)39(7,8)9)36-22-26-46(30-36)40(10,11)12/h15-30H,1-14H3. The van der Waals surface area contributed by atoms with Gasteiger partial charge in [0.05, 0.1) is 0 Å².